The summed E-state index contributed by atoms with van der Waals surface area (Å²) in [5.41, 5.74) is 0.178. The van der Waals surface area contributed by atoms with E-state index >= 15 is 0 Å². The lowest BCUT2D eigenvalue weighted by Gasteiger charge is -2.24. The van der Waals surface area contributed by atoms with Crippen LogP contribution in [0, 0.1) is 12.3 Å². The minimum absolute atomic E-state index is 0.178. The Bertz CT molecular complexity index is 310. The highest BCUT2D eigenvalue weighted by atomic mass is 16.4. The molecule has 0 aliphatic rings. The van der Waals surface area contributed by atoms with Crippen molar-refractivity contribution in [1.82, 2.24) is 15.5 Å². The van der Waals surface area contributed by atoms with E-state index in [9.17, 15) is 0 Å². The van der Waals surface area contributed by atoms with Crippen molar-refractivity contribution in [3.8, 4) is 0 Å². The molecule has 0 aliphatic heterocycles. The Labute approximate surface area is 96.3 Å². The number of rotatable bonds is 7. The predicted molar refractivity (Wildman–Crippen MR) is 60.8 cm³/mol. The second-order valence-electron chi connectivity index (χ2n) is 4.81. The maximum Gasteiger partial charge on any atom is 0.230 e. The first-order valence-corrected chi connectivity index (χ1v) is 5.64. The van der Waals surface area contributed by atoms with Gasteiger partial charge in [0.2, 0.25) is 11.8 Å². The molecule has 0 bridgehead atoms. The summed E-state index contributed by atoms with van der Waals surface area (Å²) in [6.45, 7) is 7.86. The van der Waals surface area contributed by atoms with Crippen LogP contribution in [0.2, 0.25) is 0 Å². The fourth-order valence-corrected chi connectivity index (χ4v) is 1.56. The van der Waals surface area contributed by atoms with Gasteiger partial charge < -0.3 is 14.8 Å². The van der Waals surface area contributed by atoms with E-state index in [1.165, 1.54) is 0 Å². The Morgan fingerprint density at radius 3 is 2.69 bits per heavy atom. The lowest BCUT2D eigenvalue weighted by Crippen LogP contribution is -2.29. The fraction of sp³-hybridized carbons (Fsp3) is 0.818. The van der Waals surface area contributed by atoms with Gasteiger partial charge in [-0.1, -0.05) is 13.8 Å². The summed E-state index contributed by atoms with van der Waals surface area (Å²) in [4.78, 5) is 0. The Morgan fingerprint density at radius 1 is 1.38 bits per heavy atom. The maximum absolute atomic E-state index is 8.78. The van der Waals surface area contributed by atoms with Crippen LogP contribution in [0.15, 0.2) is 4.42 Å². The Balaban J connectivity index is 2.24. The van der Waals surface area contributed by atoms with Gasteiger partial charge in [-0.15, -0.1) is 10.2 Å². The lowest BCUT2D eigenvalue weighted by molar-refractivity contribution is 0.235. The van der Waals surface area contributed by atoms with Crippen molar-refractivity contribution in [3.63, 3.8) is 0 Å². The van der Waals surface area contributed by atoms with Gasteiger partial charge in [-0.05, 0) is 18.3 Å². The van der Waals surface area contributed by atoms with E-state index in [2.05, 4.69) is 29.4 Å². The molecule has 92 valence electrons. The number of hydrogen-bond acceptors (Lipinski definition) is 5. The summed E-state index contributed by atoms with van der Waals surface area (Å²) < 4.78 is 5.25. The first-order chi connectivity index (χ1) is 7.53. The van der Waals surface area contributed by atoms with Gasteiger partial charge in [0.25, 0.3) is 0 Å². The largest absolute Gasteiger partial charge is 0.424 e. The zero-order valence-corrected chi connectivity index (χ0v) is 10.3. The van der Waals surface area contributed by atoms with E-state index in [4.69, 9.17) is 9.52 Å². The molecule has 0 atom stereocenters. The van der Waals surface area contributed by atoms with Gasteiger partial charge in [0, 0.05) is 20.1 Å². The van der Waals surface area contributed by atoms with E-state index in [0.717, 1.165) is 19.4 Å². The molecule has 0 aromatic carbocycles. The molecular weight excluding hydrogens is 206 g/mol. The van der Waals surface area contributed by atoms with Crippen LogP contribution in [-0.2, 0) is 6.54 Å². The minimum Gasteiger partial charge on any atom is -0.424 e. The third-order valence-electron chi connectivity index (χ3n) is 2.46. The molecule has 0 saturated carbocycles. The van der Waals surface area contributed by atoms with Crippen molar-refractivity contribution in [3.05, 3.63) is 11.8 Å². The van der Waals surface area contributed by atoms with Gasteiger partial charge in [0.05, 0.1) is 6.54 Å². The van der Waals surface area contributed by atoms with E-state index in [-0.39, 0.29) is 12.0 Å². The Morgan fingerprint density at radius 2 is 2.12 bits per heavy atom. The van der Waals surface area contributed by atoms with Crippen molar-refractivity contribution in [2.45, 2.75) is 40.2 Å². The van der Waals surface area contributed by atoms with E-state index in [0.29, 0.717) is 18.3 Å². The standard InChI is InChI=1S/C11H21N3O2/c1-9-13-14-10(16-9)7-12-8-11(2,3)5-4-6-15/h12,15H,4-8H2,1-3H3. The van der Waals surface area contributed by atoms with E-state index < -0.39 is 0 Å². The molecule has 0 spiro atoms. The van der Waals surface area contributed by atoms with Crippen LogP contribution in [0.1, 0.15) is 38.5 Å². The highest BCUT2D eigenvalue weighted by Gasteiger charge is 2.16. The number of aliphatic hydroxyl groups excluding tert-OH is 1. The van der Waals surface area contributed by atoms with Crippen LogP contribution in [0.3, 0.4) is 0 Å². The van der Waals surface area contributed by atoms with E-state index in [1.807, 2.05) is 0 Å². The third kappa shape index (κ3) is 4.72. The number of nitrogens with one attached hydrogen (secondary N) is 1. The number of aliphatic hydroxyl groups is 1. The van der Waals surface area contributed by atoms with Crippen LogP contribution in [0.4, 0.5) is 0 Å². The predicted octanol–water partition coefficient (Wildman–Crippen LogP) is 1.27. The average molecular weight is 227 g/mol. The molecule has 1 aromatic rings. The molecular formula is C11H21N3O2. The smallest absolute Gasteiger partial charge is 0.230 e. The molecule has 16 heavy (non-hydrogen) atoms. The van der Waals surface area contributed by atoms with Crippen LogP contribution in [-0.4, -0.2) is 28.5 Å². The summed E-state index contributed by atoms with van der Waals surface area (Å²) in [6.07, 6.45) is 1.84. The molecule has 1 heterocycles. The molecule has 0 unspecified atom stereocenters. The molecule has 0 radical (unpaired) electrons. The van der Waals surface area contributed by atoms with Gasteiger partial charge in [-0.2, -0.15) is 0 Å². The molecule has 1 rings (SSSR count). The molecule has 5 nitrogen and oxygen atoms in total. The molecule has 0 aliphatic carbocycles. The van der Waals surface area contributed by atoms with Crippen molar-refractivity contribution in [1.29, 1.82) is 0 Å². The average Bonchev–Trinajstić information content (AvgIpc) is 2.61. The number of nitrogens with zero attached hydrogens (tertiary/aromatic N) is 2. The van der Waals surface area contributed by atoms with Crippen LogP contribution in [0.25, 0.3) is 0 Å². The third-order valence-corrected chi connectivity index (χ3v) is 2.46. The van der Waals surface area contributed by atoms with Gasteiger partial charge in [0.15, 0.2) is 0 Å². The first-order valence-electron chi connectivity index (χ1n) is 5.64. The summed E-state index contributed by atoms with van der Waals surface area (Å²) in [6, 6.07) is 0. The zero-order valence-electron chi connectivity index (χ0n) is 10.3. The maximum atomic E-state index is 8.78. The minimum atomic E-state index is 0.178. The van der Waals surface area contributed by atoms with Gasteiger partial charge in [-0.25, -0.2) is 0 Å². The quantitative estimate of drug-likeness (QED) is 0.734. The number of hydrogen-bond donors (Lipinski definition) is 2. The van der Waals surface area contributed by atoms with Gasteiger partial charge in [-0.3, -0.25) is 0 Å². The van der Waals surface area contributed by atoms with Crippen molar-refractivity contribution in [2.24, 2.45) is 5.41 Å². The summed E-state index contributed by atoms with van der Waals surface area (Å²) in [5, 5.41) is 19.7. The first kappa shape index (κ1) is 13.1. The summed E-state index contributed by atoms with van der Waals surface area (Å²) in [5.74, 6) is 1.21. The number of aromatic nitrogens is 2. The molecule has 0 fully saturated rings. The second-order valence-corrected chi connectivity index (χ2v) is 4.81. The van der Waals surface area contributed by atoms with Crippen LogP contribution < -0.4 is 5.32 Å². The number of aryl methyl sites for hydroxylation is 1. The van der Waals surface area contributed by atoms with Crippen molar-refractivity contribution < 1.29 is 9.52 Å². The summed E-state index contributed by atoms with van der Waals surface area (Å²) >= 11 is 0. The van der Waals surface area contributed by atoms with Gasteiger partial charge in [0.1, 0.15) is 0 Å². The zero-order chi connectivity index (χ0) is 12.0. The van der Waals surface area contributed by atoms with Crippen LogP contribution in [0.5, 0.6) is 0 Å². The van der Waals surface area contributed by atoms with E-state index in [1.54, 1.807) is 6.92 Å². The molecule has 2 N–H and O–H groups in total. The van der Waals surface area contributed by atoms with Gasteiger partial charge >= 0.3 is 0 Å². The molecule has 0 amide bonds. The molecule has 0 saturated heterocycles. The Kier molecular flexibility index (Phi) is 4.89. The SMILES string of the molecule is Cc1nnc(CNCC(C)(C)CCCO)o1. The monoisotopic (exact) mass is 227 g/mol. The topological polar surface area (TPSA) is 71.2 Å². The van der Waals surface area contributed by atoms with Crippen molar-refractivity contribution in [2.75, 3.05) is 13.2 Å². The fourth-order valence-electron chi connectivity index (χ4n) is 1.56. The molecule has 1 aromatic heterocycles. The van der Waals surface area contributed by atoms with Crippen molar-refractivity contribution >= 4 is 0 Å². The Hall–Kier alpha value is -0.940. The normalized spacial score (nSPS) is 12.0. The van der Waals surface area contributed by atoms with Crippen LogP contribution >= 0.6 is 0 Å². The lowest BCUT2D eigenvalue weighted by atomic mass is 9.88. The second kappa shape index (κ2) is 5.96. The summed E-state index contributed by atoms with van der Waals surface area (Å²) in [7, 11) is 0. The molecule has 5 heteroatoms. The highest BCUT2D eigenvalue weighted by molar-refractivity contribution is 4.79. The highest BCUT2D eigenvalue weighted by Crippen LogP contribution is 2.20.